The van der Waals surface area contributed by atoms with Crippen LogP contribution in [0.5, 0.6) is 0 Å². The van der Waals surface area contributed by atoms with Gasteiger partial charge in [0, 0.05) is 19.2 Å². The van der Waals surface area contributed by atoms with Gasteiger partial charge in [-0.2, -0.15) is 0 Å². The zero-order chi connectivity index (χ0) is 17.4. The van der Waals surface area contributed by atoms with Crippen molar-refractivity contribution < 1.29 is 9.59 Å². The number of para-hydroxylation sites is 1. The Labute approximate surface area is 142 Å². The minimum absolute atomic E-state index is 0.144. The number of carbonyl (C=O) groups excluding carboxylic acids is 2. The number of hydrogen-bond acceptors (Lipinski definition) is 3. The second-order valence-corrected chi connectivity index (χ2v) is 5.57. The third kappa shape index (κ3) is 4.93. The van der Waals surface area contributed by atoms with Crippen LogP contribution in [0.3, 0.4) is 0 Å². The van der Waals surface area contributed by atoms with E-state index in [0.717, 1.165) is 11.3 Å². The SMILES string of the molecule is CNCC(=O)N[C@@H](Cc1ccccc1)C(=O)N(C)c1ccccc1. The molecule has 0 saturated heterocycles. The highest BCUT2D eigenvalue weighted by molar-refractivity contribution is 5.99. The lowest BCUT2D eigenvalue weighted by molar-refractivity contribution is -0.126. The molecular weight excluding hydrogens is 302 g/mol. The molecule has 0 fully saturated rings. The van der Waals surface area contributed by atoms with Gasteiger partial charge in [-0.1, -0.05) is 48.5 Å². The summed E-state index contributed by atoms with van der Waals surface area (Å²) in [5.74, 6) is -0.345. The van der Waals surface area contributed by atoms with E-state index < -0.39 is 6.04 Å². The summed E-state index contributed by atoms with van der Waals surface area (Å²) in [7, 11) is 3.42. The predicted octanol–water partition coefficient (Wildman–Crippen LogP) is 1.60. The number of rotatable bonds is 7. The van der Waals surface area contributed by atoms with Crippen molar-refractivity contribution in [2.75, 3.05) is 25.5 Å². The van der Waals surface area contributed by atoms with Gasteiger partial charge in [0.25, 0.3) is 0 Å². The van der Waals surface area contributed by atoms with Crippen LogP contribution in [0.2, 0.25) is 0 Å². The number of nitrogens with one attached hydrogen (secondary N) is 2. The Morgan fingerprint density at radius 2 is 1.58 bits per heavy atom. The summed E-state index contributed by atoms with van der Waals surface area (Å²) in [5.41, 5.74) is 1.80. The van der Waals surface area contributed by atoms with Crippen molar-refractivity contribution in [2.24, 2.45) is 0 Å². The molecule has 0 saturated carbocycles. The van der Waals surface area contributed by atoms with Gasteiger partial charge in [0.2, 0.25) is 11.8 Å². The summed E-state index contributed by atoms with van der Waals surface area (Å²) < 4.78 is 0. The first kappa shape index (κ1) is 17.7. The van der Waals surface area contributed by atoms with E-state index in [2.05, 4.69) is 10.6 Å². The van der Waals surface area contributed by atoms with Gasteiger partial charge in [-0.15, -0.1) is 0 Å². The van der Waals surface area contributed by atoms with Crippen molar-refractivity contribution in [3.63, 3.8) is 0 Å². The molecule has 126 valence electrons. The Kier molecular flexibility index (Phi) is 6.51. The molecule has 0 heterocycles. The smallest absolute Gasteiger partial charge is 0.249 e. The lowest BCUT2D eigenvalue weighted by atomic mass is 10.0. The first-order valence-electron chi connectivity index (χ1n) is 7.92. The second-order valence-electron chi connectivity index (χ2n) is 5.57. The number of amides is 2. The molecule has 0 aliphatic rings. The molecule has 2 aromatic carbocycles. The Hall–Kier alpha value is -2.66. The summed E-state index contributed by atoms with van der Waals surface area (Å²) in [6, 6.07) is 18.5. The van der Waals surface area contributed by atoms with Crippen molar-refractivity contribution in [1.82, 2.24) is 10.6 Å². The third-order valence-electron chi connectivity index (χ3n) is 3.73. The van der Waals surface area contributed by atoms with Crippen LogP contribution in [-0.4, -0.2) is 38.5 Å². The average molecular weight is 325 g/mol. The number of anilines is 1. The van der Waals surface area contributed by atoms with Gasteiger partial charge in [0.15, 0.2) is 0 Å². The van der Waals surface area contributed by atoms with E-state index in [-0.39, 0.29) is 18.4 Å². The van der Waals surface area contributed by atoms with Crippen molar-refractivity contribution in [2.45, 2.75) is 12.5 Å². The van der Waals surface area contributed by atoms with Crippen LogP contribution in [-0.2, 0) is 16.0 Å². The monoisotopic (exact) mass is 325 g/mol. The van der Waals surface area contributed by atoms with Gasteiger partial charge in [0.05, 0.1) is 6.54 Å². The Balaban J connectivity index is 2.17. The number of hydrogen-bond donors (Lipinski definition) is 2. The maximum Gasteiger partial charge on any atom is 0.249 e. The van der Waals surface area contributed by atoms with Crippen LogP contribution in [0.1, 0.15) is 5.56 Å². The van der Waals surface area contributed by atoms with Crippen molar-refractivity contribution in [1.29, 1.82) is 0 Å². The zero-order valence-electron chi connectivity index (χ0n) is 14.0. The highest BCUT2D eigenvalue weighted by atomic mass is 16.2. The molecule has 2 rings (SSSR count). The van der Waals surface area contributed by atoms with Gasteiger partial charge >= 0.3 is 0 Å². The molecule has 2 aromatic rings. The van der Waals surface area contributed by atoms with Crippen LogP contribution in [0, 0.1) is 0 Å². The summed E-state index contributed by atoms with van der Waals surface area (Å²) in [6.45, 7) is 0.174. The van der Waals surface area contributed by atoms with Crippen molar-refractivity contribution in [3.05, 3.63) is 66.2 Å². The maximum atomic E-state index is 12.9. The predicted molar refractivity (Wildman–Crippen MR) is 95.9 cm³/mol. The molecule has 0 spiro atoms. The van der Waals surface area contributed by atoms with E-state index in [1.165, 1.54) is 0 Å². The van der Waals surface area contributed by atoms with E-state index in [1.54, 1.807) is 19.0 Å². The molecule has 2 N–H and O–H groups in total. The molecule has 0 unspecified atom stereocenters. The molecule has 24 heavy (non-hydrogen) atoms. The molecule has 5 nitrogen and oxygen atoms in total. The molecule has 0 bridgehead atoms. The fourth-order valence-electron chi connectivity index (χ4n) is 2.47. The topological polar surface area (TPSA) is 61.4 Å². The van der Waals surface area contributed by atoms with Crippen LogP contribution >= 0.6 is 0 Å². The number of likely N-dealkylation sites (N-methyl/N-ethyl adjacent to an activating group) is 2. The zero-order valence-corrected chi connectivity index (χ0v) is 14.0. The molecule has 0 aliphatic carbocycles. The first-order chi connectivity index (χ1) is 11.6. The fourth-order valence-corrected chi connectivity index (χ4v) is 2.47. The molecule has 5 heteroatoms. The highest BCUT2D eigenvalue weighted by Gasteiger charge is 2.24. The van der Waals surface area contributed by atoms with E-state index >= 15 is 0 Å². The van der Waals surface area contributed by atoms with Crippen molar-refractivity contribution in [3.8, 4) is 0 Å². The Bertz CT molecular complexity index is 659. The van der Waals surface area contributed by atoms with Crippen LogP contribution < -0.4 is 15.5 Å². The first-order valence-corrected chi connectivity index (χ1v) is 7.92. The minimum atomic E-state index is -0.613. The minimum Gasteiger partial charge on any atom is -0.343 e. The van der Waals surface area contributed by atoms with Gasteiger partial charge in [-0.25, -0.2) is 0 Å². The molecular formula is C19H23N3O2. The number of nitrogens with zero attached hydrogens (tertiary/aromatic N) is 1. The lowest BCUT2D eigenvalue weighted by Crippen LogP contribution is -2.50. The Morgan fingerprint density at radius 1 is 1.00 bits per heavy atom. The van der Waals surface area contributed by atoms with E-state index in [4.69, 9.17) is 0 Å². The highest BCUT2D eigenvalue weighted by Crippen LogP contribution is 2.14. The molecule has 0 radical (unpaired) electrons. The Morgan fingerprint density at radius 3 is 2.17 bits per heavy atom. The second kappa shape index (κ2) is 8.84. The maximum absolute atomic E-state index is 12.9. The quantitative estimate of drug-likeness (QED) is 0.813. The van der Waals surface area contributed by atoms with Crippen LogP contribution in [0.15, 0.2) is 60.7 Å². The molecule has 2 amide bonds. The summed E-state index contributed by atoms with van der Waals surface area (Å²) >= 11 is 0. The summed E-state index contributed by atoms with van der Waals surface area (Å²) in [6.07, 6.45) is 0.451. The fraction of sp³-hybridized carbons (Fsp3) is 0.263. The number of benzene rings is 2. The molecule has 0 aliphatic heterocycles. The van der Waals surface area contributed by atoms with E-state index in [9.17, 15) is 9.59 Å². The van der Waals surface area contributed by atoms with Gasteiger partial charge in [-0.3, -0.25) is 9.59 Å². The lowest BCUT2D eigenvalue weighted by Gasteiger charge is -2.25. The van der Waals surface area contributed by atoms with E-state index in [1.807, 2.05) is 60.7 Å². The van der Waals surface area contributed by atoms with Crippen molar-refractivity contribution >= 4 is 17.5 Å². The standard InChI is InChI=1S/C19H23N3O2/c1-20-14-18(23)21-17(13-15-9-5-3-6-10-15)19(24)22(2)16-11-7-4-8-12-16/h3-12,17,20H,13-14H2,1-2H3,(H,21,23)/t17-/m0/s1. The average Bonchev–Trinajstić information content (AvgIpc) is 2.62. The summed E-state index contributed by atoms with van der Waals surface area (Å²) in [4.78, 5) is 26.4. The molecule has 1 atom stereocenters. The van der Waals surface area contributed by atoms with Gasteiger partial charge < -0.3 is 15.5 Å². The van der Waals surface area contributed by atoms with Gasteiger partial charge in [-0.05, 0) is 24.7 Å². The largest absolute Gasteiger partial charge is 0.343 e. The number of carbonyl (C=O) groups is 2. The third-order valence-corrected chi connectivity index (χ3v) is 3.73. The summed E-state index contributed by atoms with van der Waals surface area (Å²) in [5, 5.41) is 5.62. The van der Waals surface area contributed by atoms with Crippen LogP contribution in [0.4, 0.5) is 5.69 Å². The van der Waals surface area contributed by atoms with E-state index in [0.29, 0.717) is 6.42 Å². The van der Waals surface area contributed by atoms with Crippen LogP contribution in [0.25, 0.3) is 0 Å². The molecule has 0 aromatic heterocycles. The van der Waals surface area contributed by atoms with Gasteiger partial charge in [0.1, 0.15) is 6.04 Å². The normalized spacial score (nSPS) is 11.6.